The number of likely N-dealkylation sites (tertiary alicyclic amines) is 1. The number of nitrogens with one attached hydrogen (secondary N) is 1. The fourth-order valence-electron chi connectivity index (χ4n) is 3.71. The minimum absolute atomic E-state index is 0.0548. The zero-order valence-electron chi connectivity index (χ0n) is 14.6. The van der Waals surface area contributed by atoms with Crippen molar-refractivity contribution in [2.24, 2.45) is 11.7 Å². The number of amides is 2. The highest BCUT2D eigenvalue weighted by atomic mass is 16.4. The highest BCUT2D eigenvalue weighted by molar-refractivity contribution is 6.03. The van der Waals surface area contributed by atoms with Crippen molar-refractivity contribution in [3.8, 4) is 0 Å². The molecule has 0 bridgehead atoms. The number of carbonyl (C=O) groups excluding carboxylic acids is 3. The Bertz CT molecular complexity index is 695. The predicted octanol–water partition coefficient (Wildman–Crippen LogP) is 1.03. The van der Waals surface area contributed by atoms with Gasteiger partial charge in [0.1, 0.15) is 5.76 Å². The van der Waals surface area contributed by atoms with Crippen LogP contribution < -0.4 is 11.1 Å². The zero-order chi connectivity index (χ0) is 18.0. The number of hydrogen-bond acceptors (Lipinski definition) is 5. The molecule has 1 aromatic rings. The average Bonchev–Trinajstić information content (AvgIpc) is 2.97. The Balaban J connectivity index is 1.75. The number of nitrogens with two attached hydrogens (primary N) is 1. The van der Waals surface area contributed by atoms with Gasteiger partial charge in [0, 0.05) is 44.6 Å². The van der Waals surface area contributed by atoms with Gasteiger partial charge in [0.15, 0.2) is 11.5 Å². The fraction of sp³-hybridized carbons (Fsp3) is 0.611. The van der Waals surface area contributed by atoms with Crippen molar-refractivity contribution in [3.63, 3.8) is 0 Å². The number of furan rings is 1. The number of hydrogen-bond donors (Lipinski definition) is 2. The van der Waals surface area contributed by atoms with E-state index in [1.165, 1.54) is 0 Å². The number of ketones is 1. The second-order valence-electron chi connectivity index (χ2n) is 6.80. The quantitative estimate of drug-likeness (QED) is 0.846. The maximum atomic E-state index is 12.9. The van der Waals surface area contributed by atoms with Crippen molar-refractivity contribution in [2.45, 2.75) is 39.0 Å². The molecule has 0 radical (unpaired) electrons. The van der Waals surface area contributed by atoms with Gasteiger partial charge in [0.2, 0.25) is 5.91 Å². The minimum atomic E-state index is -0.226. The summed E-state index contributed by atoms with van der Waals surface area (Å²) in [5, 5.41) is 2.79. The number of rotatable bonds is 4. The van der Waals surface area contributed by atoms with Crippen LogP contribution in [0.2, 0.25) is 0 Å². The Labute approximate surface area is 146 Å². The lowest BCUT2D eigenvalue weighted by Gasteiger charge is -2.31. The standard InChI is InChI=1S/C18H25N3O4/c1-11-15-13(22)5-2-6-14(15)25-16(11)18(24)21-9-3-4-12(10-21)17(23)20-8-7-19/h12H,2-10,19H2,1H3,(H,20,23). The molecule has 25 heavy (non-hydrogen) atoms. The lowest BCUT2D eigenvalue weighted by Crippen LogP contribution is -2.46. The first-order chi connectivity index (χ1) is 12.0. The summed E-state index contributed by atoms with van der Waals surface area (Å²) < 4.78 is 5.75. The molecule has 2 aliphatic rings. The molecule has 1 aromatic heterocycles. The van der Waals surface area contributed by atoms with Crippen LogP contribution in [-0.2, 0) is 11.2 Å². The topological polar surface area (TPSA) is 106 Å². The third kappa shape index (κ3) is 3.46. The van der Waals surface area contributed by atoms with Crippen LogP contribution in [0.4, 0.5) is 0 Å². The Morgan fingerprint density at radius 3 is 2.84 bits per heavy atom. The minimum Gasteiger partial charge on any atom is -0.455 e. The first-order valence-corrected chi connectivity index (χ1v) is 8.95. The second kappa shape index (κ2) is 7.39. The highest BCUT2D eigenvalue weighted by Gasteiger charge is 2.34. The van der Waals surface area contributed by atoms with Gasteiger partial charge in [-0.1, -0.05) is 0 Å². The maximum Gasteiger partial charge on any atom is 0.289 e. The third-order valence-corrected chi connectivity index (χ3v) is 5.02. The van der Waals surface area contributed by atoms with Gasteiger partial charge in [-0.15, -0.1) is 0 Å². The summed E-state index contributed by atoms with van der Waals surface area (Å²) in [4.78, 5) is 38.8. The van der Waals surface area contributed by atoms with Gasteiger partial charge in [-0.05, 0) is 26.2 Å². The summed E-state index contributed by atoms with van der Waals surface area (Å²) >= 11 is 0. The molecule has 1 aliphatic carbocycles. The monoisotopic (exact) mass is 347 g/mol. The summed E-state index contributed by atoms with van der Waals surface area (Å²) in [6.45, 7) is 3.57. The lowest BCUT2D eigenvalue weighted by atomic mass is 9.93. The van der Waals surface area contributed by atoms with Crippen LogP contribution in [0, 0.1) is 12.8 Å². The molecule has 1 unspecified atom stereocenters. The van der Waals surface area contributed by atoms with E-state index in [4.69, 9.17) is 10.2 Å². The van der Waals surface area contributed by atoms with E-state index in [0.29, 0.717) is 55.9 Å². The van der Waals surface area contributed by atoms with Crippen LogP contribution in [0.3, 0.4) is 0 Å². The average molecular weight is 347 g/mol. The smallest absolute Gasteiger partial charge is 0.289 e. The molecule has 2 heterocycles. The second-order valence-corrected chi connectivity index (χ2v) is 6.80. The number of aryl methyl sites for hydroxylation is 1. The van der Waals surface area contributed by atoms with Crippen molar-refractivity contribution in [2.75, 3.05) is 26.2 Å². The summed E-state index contributed by atoms with van der Waals surface area (Å²) in [7, 11) is 0. The molecule has 2 amide bonds. The Morgan fingerprint density at radius 1 is 1.32 bits per heavy atom. The summed E-state index contributed by atoms with van der Waals surface area (Å²) in [5.41, 5.74) is 6.64. The van der Waals surface area contributed by atoms with Crippen LogP contribution in [0.15, 0.2) is 4.42 Å². The fourth-order valence-corrected chi connectivity index (χ4v) is 3.71. The molecular formula is C18H25N3O4. The Hall–Kier alpha value is -2.15. The molecule has 3 rings (SSSR count). The van der Waals surface area contributed by atoms with Gasteiger partial charge < -0.3 is 20.4 Å². The molecule has 7 nitrogen and oxygen atoms in total. The van der Waals surface area contributed by atoms with Gasteiger partial charge in [-0.3, -0.25) is 14.4 Å². The van der Waals surface area contributed by atoms with Crippen molar-refractivity contribution >= 4 is 17.6 Å². The molecule has 0 aromatic carbocycles. The zero-order valence-corrected chi connectivity index (χ0v) is 14.6. The number of piperidine rings is 1. The lowest BCUT2D eigenvalue weighted by molar-refractivity contribution is -0.126. The van der Waals surface area contributed by atoms with E-state index in [2.05, 4.69) is 5.32 Å². The van der Waals surface area contributed by atoms with E-state index >= 15 is 0 Å². The van der Waals surface area contributed by atoms with Crippen molar-refractivity contribution in [1.82, 2.24) is 10.2 Å². The highest BCUT2D eigenvalue weighted by Crippen LogP contribution is 2.30. The molecule has 3 N–H and O–H groups in total. The van der Waals surface area contributed by atoms with E-state index in [9.17, 15) is 14.4 Å². The molecule has 1 atom stereocenters. The van der Waals surface area contributed by atoms with Crippen LogP contribution in [0.5, 0.6) is 0 Å². The van der Waals surface area contributed by atoms with E-state index in [1.54, 1.807) is 11.8 Å². The van der Waals surface area contributed by atoms with E-state index < -0.39 is 0 Å². The SMILES string of the molecule is Cc1c(C(=O)N2CCCC(C(=O)NCCN)C2)oc2c1C(=O)CCC2. The first-order valence-electron chi connectivity index (χ1n) is 8.95. The molecule has 7 heteroatoms. The van der Waals surface area contributed by atoms with Gasteiger partial charge >= 0.3 is 0 Å². The van der Waals surface area contributed by atoms with Gasteiger partial charge in [0.05, 0.1) is 11.5 Å². The van der Waals surface area contributed by atoms with E-state index in [-0.39, 0.29) is 29.3 Å². The number of nitrogens with zero attached hydrogens (tertiary/aromatic N) is 1. The van der Waals surface area contributed by atoms with Crippen LogP contribution in [0.1, 0.15) is 57.9 Å². The van der Waals surface area contributed by atoms with Gasteiger partial charge in [-0.25, -0.2) is 0 Å². The first kappa shape index (κ1) is 17.7. The van der Waals surface area contributed by atoms with Gasteiger partial charge in [0.25, 0.3) is 5.91 Å². The van der Waals surface area contributed by atoms with Crippen LogP contribution in [-0.4, -0.2) is 48.7 Å². The third-order valence-electron chi connectivity index (χ3n) is 5.02. The predicted molar refractivity (Wildman–Crippen MR) is 91.4 cm³/mol. The molecule has 0 saturated carbocycles. The molecule has 1 fully saturated rings. The molecular weight excluding hydrogens is 322 g/mol. The van der Waals surface area contributed by atoms with Crippen molar-refractivity contribution in [3.05, 3.63) is 22.6 Å². The largest absolute Gasteiger partial charge is 0.455 e. The number of fused-ring (bicyclic) bond motifs is 1. The maximum absolute atomic E-state index is 12.9. The summed E-state index contributed by atoms with van der Waals surface area (Å²) in [5.74, 6) is 0.425. The van der Waals surface area contributed by atoms with E-state index in [1.807, 2.05) is 0 Å². The Kier molecular flexibility index (Phi) is 5.22. The molecule has 1 aliphatic heterocycles. The van der Waals surface area contributed by atoms with E-state index in [0.717, 1.165) is 19.3 Å². The normalized spacial score (nSPS) is 20.3. The number of Topliss-reactive ketones (excluding diaryl/α,β-unsaturated/α-hetero) is 1. The summed E-state index contributed by atoms with van der Waals surface area (Å²) in [6, 6.07) is 0. The number of carbonyl (C=O) groups is 3. The summed E-state index contributed by atoms with van der Waals surface area (Å²) in [6.07, 6.45) is 3.49. The van der Waals surface area contributed by atoms with Crippen molar-refractivity contribution in [1.29, 1.82) is 0 Å². The van der Waals surface area contributed by atoms with Crippen LogP contribution >= 0.6 is 0 Å². The Morgan fingerprint density at radius 2 is 2.12 bits per heavy atom. The molecule has 0 spiro atoms. The molecule has 1 saturated heterocycles. The van der Waals surface area contributed by atoms with Crippen molar-refractivity contribution < 1.29 is 18.8 Å². The molecule has 136 valence electrons. The van der Waals surface area contributed by atoms with Gasteiger partial charge in [-0.2, -0.15) is 0 Å². The van der Waals surface area contributed by atoms with Crippen LogP contribution in [0.25, 0.3) is 0 Å².